The van der Waals surface area contributed by atoms with Gasteiger partial charge in [-0.05, 0) is 18.6 Å². The quantitative estimate of drug-likeness (QED) is 0.751. The third-order valence-electron chi connectivity index (χ3n) is 2.79. The van der Waals surface area contributed by atoms with Gasteiger partial charge in [-0.1, -0.05) is 12.1 Å². The van der Waals surface area contributed by atoms with E-state index in [1.165, 1.54) is 0 Å². The molecule has 106 valence electrons. The number of aryl methyl sites for hydroxylation is 1. The molecule has 2 rings (SSSR count). The van der Waals surface area contributed by atoms with Crippen molar-refractivity contribution in [2.45, 2.75) is 25.7 Å². The maximum Gasteiger partial charge on any atom is 0.303 e. The number of fused-ring (bicyclic) bond motifs is 1. The van der Waals surface area contributed by atoms with Crippen LogP contribution in [0.2, 0.25) is 0 Å². The number of carbonyl (C=O) groups is 2. The smallest absolute Gasteiger partial charge is 0.303 e. The summed E-state index contributed by atoms with van der Waals surface area (Å²) in [5.74, 6) is -0.449. The average molecular weight is 276 g/mol. The van der Waals surface area contributed by atoms with Crippen molar-refractivity contribution in [3.8, 4) is 0 Å². The highest BCUT2D eigenvalue weighted by atomic mass is 16.4. The van der Waals surface area contributed by atoms with Crippen LogP contribution >= 0.6 is 0 Å². The summed E-state index contributed by atoms with van der Waals surface area (Å²) in [6.45, 7) is 0.374. The first-order valence-corrected chi connectivity index (χ1v) is 6.48. The lowest BCUT2D eigenvalue weighted by Gasteiger charge is -2.02. The number of nitrogens with zero attached hydrogens (tertiary/aromatic N) is 1. The number of oxazole rings is 1. The van der Waals surface area contributed by atoms with Gasteiger partial charge in [0.05, 0.1) is 0 Å². The molecule has 0 spiro atoms. The molecule has 1 aromatic carbocycles. The second-order valence-corrected chi connectivity index (χ2v) is 4.42. The molecule has 0 unspecified atom stereocenters. The molecule has 0 bridgehead atoms. The van der Waals surface area contributed by atoms with E-state index in [0.717, 1.165) is 5.52 Å². The first-order valence-electron chi connectivity index (χ1n) is 6.48. The Labute approximate surface area is 115 Å². The molecule has 1 amide bonds. The zero-order chi connectivity index (χ0) is 14.4. The van der Waals surface area contributed by atoms with Crippen molar-refractivity contribution < 1.29 is 19.1 Å². The highest BCUT2D eigenvalue weighted by Gasteiger charge is 2.08. The SMILES string of the molecule is O=C(O)CCCNC(=O)CCc1nc2ccccc2o1. The van der Waals surface area contributed by atoms with Gasteiger partial charge in [0.15, 0.2) is 11.5 Å². The molecular weight excluding hydrogens is 260 g/mol. The van der Waals surface area contributed by atoms with Crippen LogP contribution in [-0.4, -0.2) is 28.5 Å². The Balaban J connectivity index is 1.74. The number of carboxylic acids is 1. The highest BCUT2D eigenvalue weighted by Crippen LogP contribution is 2.15. The third kappa shape index (κ3) is 4.08. The molecule has 0 atom stereocenters. The third-order valence-corrected chi connectivity index (χ3v) is 2.79. The van der Waals surface area contributed by atoms with Gasteiger partial charge in [-0.15, -0.1) is 0 Å². The van der Waals surface area contributed by atoms with Crippen LogP contribution in [0.25, 0.3) is 11.1 Å². The van der Waals surface area contributed by atoms with Crippen molar-refractivity contribution in [2.75, 3.05) is 6.54 Å². The molecule has 0 fully saturated rings. The Kier molecular flexibility index (Phi) is 4.70. The lowest BCUT2D eigenvalue weighted by Crippen LogP contribution is -2.25. The Hall–Kier alpha value is -2.37. The summed E-state index contributed by atoms with van der Waals surface area (Å²) in [5, 5.41) is 11.1. The number of aliphatic carboxylic acids is 1. The van der Waals surface area contributed by atoms with Crippen molar-refractivity contribution in [3.63, 3.8) is 0 Å². The molecule has 0 aliphatic carbocycles. The first-order chi connectivity index (χ1) is 9.65. The second-order valence-electron chi connectivity index (χ2n) is 4.42. The van der Waals surface area contributed by atoms with Gasteiger partial charge < -0.3 is 14.8 Å². The van der Waals surface area contributed by atoms with E-state index in [-0.39, 0.29) is 18.7 Å². The van der Waals surface area contributed by atoms with E-state index in [9.17, 15) is 9.59 Å². The maximum atomic E-state index is 11.5. The number of carboxylic acid groups (broad SMARTS) is 1. The maximum absolute atomic E-state index is 11.5. The van der Waals surface area contributed by atoms with Crippen molar-refractivity contribution >= 4 is 23.0 Å². The van der Waals surface area contributed by atoms with Gasteiger partial charge in [0.25, 0.3) is 0 Å². The number of amides is 1. The van der Waals surface area contributed by atoms with E-state index in [1.54, 1.807) is 0 Å². The van der Waals surface area contributed by atoms with Crippen LogP contribution in [0, 0.1) is 0 Å². The normalized spacial score (nSPS) is 10.6. The highest BCUT2D eigenvalue weighted by molar-refractivity contribution is 5.76. The van der Waals surface area contributed by atoms with E-state index in [2.05, 4.69) is 10.3 Å². The van der Waals surface area contributed by atoms with Gasteiger partial charge >= 0.3 is 5.97 Å². The molecule has 0 radical (unpaired) electrons. The number of hydrogen-bond donors (Lipinski definition) is 2. The summed E-state index contributed by atoms with van der Waals surface area (Å²) in [6, 6.07) is 7.43. The fraction of sp³-hybridized carbons (Fsp3) is 0.357. The molecule has 0 saturated heterocycles. The molecule has 6 nitrogen and oxygen atoms in total. The minimum absolute atomic E-state index is 0.0609. The number of nitrogens with one attached hydrogen (secondary N) is 1. The van der Waals surface area contributed by atoms with Crippen LogP contribution < -0.4 is 5.32 Å². The van der Waals surface area contributed by atoms with Crippen molar-refractivity contribution in [2.24, 2.45) is 0 Å². The molecule has 0 aliphatic heterocycles. The number of hydrogen-bond acceptors (Lipinski definition) is 4. The largest absolute Gasteiger partial charge is 0.481 e. The number of benzene rings is 1. The molecule has 1 aromatic heterocycles. The van der Waals surface area contributed by atoms with Crippen LogP contribution in [0.5, 0.6) is 0 Å². The van der Waals surface area contributed by atoms with Crippen LogP contribution in [0.1, 0.15) is 25.2 Å². The summed E-state index contributed by atoms with van der Waals surface area (Å²) in [4.78, 5) is 26.1. The standard InChI is InChI=1S/C14H16N2O4/c17-12(15-9-3-6-14(18)19)7-8-13-16-10-4-1-2-5-11(10)20-13/h1-2,4-5H,3,6-9H2,(H,15,17)(H,18,19). The molecular formula is C14H16N2O4. The van der Waals surface area contributed by atoms with Crippen molar-refractivity contribution in [1.29, 1.82) is 0 Å². The lowest BCUT2D eigenvalue weighted by molar-refractivity contribution is -0.137. The minimum atomic E-state index is -0.856. The Morgan fingerprint density at radius 3 is 2.80 bits per heavy atom. The zero-order valence-electron chi connectivity index (χ0n) is 11.0. The van der Waals surface area contributed by atoms with Gasteiger partial charge in [-0.3, -0.25) is 9.59 Å². The van der Waals surface area contributed by atoms with Gasteiger partial charge in [-0.25, -0.2) is 4.98 Å². The van der Waals surface area contributed by atoms with E-state index >= 15 is 0 Å². The zero-order valence-corrected chi connectivity index (χ0v) is 11.0. The van der Waals surface area contributed by atoms with E-state index in [1.807, 2.05) is 24.3 Å². The summed E-state index contributed by atoms with van der Waals surface area (Å²) < 4.78 is 5.51. The van der Waals surface area contributed by atoms with Gasteiger partial charge in [-0.2, -0.15) is 0 Å². The number of para-hydroxylation sites is 2. The van der Waals surface area contributed by atoms with Crippen LogP contribution in [-0.2, 0) is 16.0 Å². The van der Waals surface area contributed by atoms with Crippen LogP contribution in [0.15, 0.2) is 28.7 Å². The summed E-state index contributed by atoms with van der Waals surface area (Å²) in [7, 11) is 0. The van der Waals surface area contributed by atoms with Crippen molar-refractivity contribution in [3.05, 3.63) is 30.2 Å². The minimum Gasteiger partial charge on any atom is -0.481 e. The Morgan fingerprint density at radius 1 is 1.25 bits per heavy atom. The number of aromatic nitrogens is 1. The Bertz CT molecular complexity index is 573. The molecule has 0 saturated carbocycles. The molecule has 2 aromatic rings. The predicted octanol–water partition coefficient (Wildman–Crippen LogP) is 1.74. The van der Waals surface area contributed by atoms with Crippen molar-refractivity contribution in [1.82, 2.24) is 10.3 Å². The van der Waals surface area contributed by atoms with Gasteiger partial charge in [0, 0.05) is 25.8 Å². The summed E-state index contributed by atoms with van der Waals surface area (Å²) in [5.41, 5.74) is 1.49. The predicted molar refractivity (Wildman–Crippen MR) is 72.2 cm³/mol. The van der Waals surface area contributed by atoms with E-state index in [4.69, 9.17) is 9.52 Å². The summed E-state index contributed by atoms with van der Waals surface area (Å²) >= 11 is 0. The fourth-order valence-electron chi connectivity index (χ4n) is 1.80. The molecule has 6 heteroatoms. The van der Waals surface area contributed by atoms with Crippen LogP contribution in [0.3, 0.4) is 0 Å². The van der Waals surface area contributed by atoms with Gasteiger partial charge in [0.1, 0.15) is 5.52 Å². The van der Waals surface area contributed by atoms with Gasteiger partial charge in [0.2, 0.25) is 5.91 Å². The second kappa shape index (κ2) is 6.70. The topological polar surface area (TPSA) is 92.4 Å². The Morgan fingerprint density at radius 2 is 2.05 bits per heavy atom. The lowest BCUT2D eigenvalue weighted by atomic mass is 10.2. The molecule has 20 heavy (non-hydrogen) atoms. The average Bonchev–Trinajstić information content (AvgIpc) is 2.84. The molecule has 1 heterocycles. The molecule has 0 aliphatic rings. The molecule has 2 N–H and O–H groups in total. The monoisotopic (exact) mass is 276 g/mol. The van der Waals surface area contributed by atoms with Crippen LogP contribution in [0.4, 0.5) is 0 Å². The first kappa shape index (κ1) is 14.0. The number of carbonyl (C=O) groups excluding carboxylic acids is 1. The van der Waals surface area contributed by atoms with E-state index in [0.29, 0.717) is 30.9 Å². The summed E-state index contributed by atoms with van der Waals surface area (Å²) in [6.07, 6.45) is 1.20. The fourth-order valence-corrected chi connectivity index (χ4v) is 1.80. The number of rotatable bonds is 7. The van der Waals surface area contributed by atoms with E-state index < -0.39 is 5.97 Å².